The molecule has 3 aromatic rings. The minimum absolute atomic E-state index is 0.0409. The molecule has 0 saturated heterocycles. The Labute approximate surface area is 137 Å². The zero-order valence-electron chi connectivity index (χ0n) is 10.4. The van der Waals surface area contributed by atoms with E-state index in [1.54, 1.807) is 12.1 Å². The zero-order valence-corrected chi connectivity index (χ0v) is 13.5. The molecular formula is C14H7BrCl2F2N2. The molecule has 0 amide bonds. The number of alkyl halides is 1. The van der Waals surface area contributed by atoms with Crippen molar-refractivity contribution in [1.29, 1.82) is 0 Å². The van der Waals surface area contributed by atoms with Gasteiger partial charge in [0.05, 0.1) is 27.6 Å². The number of benzene rings is 2. The van der Waals surface area contributed by atoms with Gasteiger partial charge in [0.1, 0.15) is 17.5 Å². The van der Waals surface area contributed by atoms with E-state index in [9.17, 15) is 8.78 Å². The third-order valence-electron chi connectivity index (χ3n) is 3.05. The highest BCUT2D eigenvalue weighted by Crippen LogP contribution is 2.31. The summed E-state index contributed by atoms with van der Waals surface area (Å²) >= 11 is 14.9. The number of nitrogens with zero attached hydrogens (tertiary/aromatic N) is 2. The molecule has 7 heteroatoms. The van der Waals surface area contributed by atoms with Crippen LogP contribution in [0.4, 0.5) is 8.78 Å². The van der Waals surface area contributed by atoms with E-state index in [2.05, 4.69) is 20.9 Å². The summed E-state index contributed by atoms with van der Waals surface area (Å²) in [6, 6.07) is 7.19. The van der Waals surface area contributed by atoms with Gasteiger partial charge in [0.15, 0.2) is 0 Å². The van der Waals surface area contributed by atoms with Crippen molar-refractivity contribution in [2.75, 3.05) is 0 Å². The van der Waals surface area contributed by atoms with Gasteiger partial charge in [-0.25, -0.2) is 13.8 Å². The second kappa shape index (κ2) is 5.55. The predicted molar refractivity (Wildman–Crippen MR) is 83.3 cm³/mol. The first-order chi connectivity index (χ1) is 10.0. The smallest absolute Gasteiger partial charge is 0.148 e. The van der Waals surface area contributed by atoms with Gasteiger partial charge < -0.3 is 0 Å². The molecule has 21 heavy (non-hydrogen) atoms. The van der Waals surface area contributed by atoms with Crippen LogP contribution < -0.4 is 0 Å². The summed E-state index contributed by atoms with van der Waals surface area (Å²) in [5.74, 6) is -0.613. The maximum absolute atomic E-state index is 14.2. The lowest BCUT2D eigenvalue weighted by molar-refractivity contribution is 0.615. The molecule has 108 valence electrons. The van der Waals surface area contributed by atoms with E-state index in [4.69, 9.17) is 23.2 Å². The molecule has 0 aliphatic carbocycles. The number of imidazole rings is 1. The Bertz CT molecular complexity index is 828. The summed E-state index contributed by atoms with van der Waals surface area (Å²) < 4.78 is 29.9. The summed E-state index contributed by atoms with van der Waals surface area (Å²) in [6.07, 6.45) is 0. The van der Waals surface area contributed by atoms with Gasteiger partial charge in [-0.1, -0.05) is 17.7 Å². The normalized spacial score (nSPS) is 11.3. The molecule has 0 bridgehead atoms. The van der Waals surface area contributed by atoms with E-state index in [0.29, 0.717) is 21.3 Å². The molecule has 3 rings (SSSR count). The Morgan fingerprint density at radius 2 is 1.95 bits per heavy atom. The van der Waals surface area contributed by atoms with E-state index < -0.39 is 11.6 Å². The maximum Gasteiger partial charge on any atom is 0.148 e. The fraction of sp³-hybridized carbons (Fsp3) is 0.0714. The average Bonchev–Trinajstić information content (AvgIpc) is 2.77. The van der Waals surface area contributed by atoms with Gasteiger partial charge in [0.25, 0.3) is 0 Å². The minimum atomic E-state index is -0.598. The van der Waals surface area contributed by atoms with Crippen LogP contribution in [-0.2, 0) is 5.88 Å². The Balaban J connectivity index is 2.43. The molecule has 0 fully saturated rings. The van der Waals surface area contributed by atoms with E-state index in [0.717, 1.165) is 0 Å². The SMILES string of the molecule is Fc1cc2c(cc1Cl)nc(CCl)n2-c1c(F)cccc1Br. The molecule has 0 radical (unpaired) electrons. The number of para-hydroxylation sites is 1. The number of hydrogen-bond acceptors (Lipinski definition) is 1. The highest BCUT2D eigenvalue weighted by molar-refractivity contribution is 9.10. The lowest BCUT2D eigenvalue weighted by Crippen LogP contribution is -2.03. The monoisotopic (exact) mass is 390 g/mol. The molecule has 0 aliphatic rings. The van der Waals surface area contributed by atoms with E-state index in [1.165, 1.54) is 22.8 Å². The van der Waals surface area contributed by atoms with Crippen LogP contribution in [0.25, 0.3) is 16.7 Å². The lowest BCUT2D eigenvalue weighted by atomic mass is 10.2. The van der Waals surface area contributed by atoms with Crippen molar-refractivity contribution in [1.82, 2.24) is 9.55 Å². The van der Waals surface area contributed by atoms with Gasteiger partial charge in [-0.3, -0.25) is 4.57 Å². The van der Waals surface area contributed by atoms with Crippen LogP contribution in [0.3, 0.4) is 0 Å². The molecule has 0 atom stereocenters. The van der Waals surface area contributed by atoms with Crippen molar-refractivity contribution in [3.8, 4) is 5.69 Å². The summed E-state index contributed by atoms with van der Waals surface area (Å²) in [6.45, 7) is 0. The highest BCUT2D eigenvalue weighted by Gasteiger charge is 2.18. The Kier molecular flexibility index (Phi) is 3.90. The van der Waals surface area contributed by atoms with Crippen LogP contribution in [0.15, 0.2) is 34.8 Å². The standard InChI is InChI=1S/C14H7BrCl2F2N2/c15-7-2-1-3-9(18)14(7)21-12-5-10(19)8(17)4-11(12)20-13(21)6-16/h1-5H,6H2. The highest BCUT2D eigenvalue weighted by atomic mass is 79.9. The first-order valence-electron chi connectivity index (χ1n) is 5.89. The summed E-state index contributed by atoms with van der Waals surface area (Å²) in [4.78, 5) is 4.28. The van der Waals surface area contributed by atoms with Crippen molar-refractivity contribution in [3.05, 3.63) is 57.3 Å². The van der Waals surface area contributed by atoms with Crippen LogP contribution in [0.5, 0.6) is 0 Å². The molecule has 0 unspecified atom stereocenters. The van der Waals surface area contributed by atoms with Crippen molar-refractivity contribution >= 4 is 50.2 Å². The Hall–Kier alpha value is -1.17. The van der Waals surface area contributed by atoms with Gasteiger partial charge in [0.2, 0.25) is 0 Å². The van der Waals surface area contributed by atoms with E-state index >= 15 is 0 Å². The first-order valence-corrected chi connectivity index (χ1v) is 7.60. The fourth-order valence-electron chi connectivity index (χ4n) is 2.16. The van der Waals surface area contributed by atoms with Crippen LogP contribution in [0.2, 0.25) is 5.02 Å². The van der Waals surface area contributed by atoms with Crippen LogP contribution in [0.1, 0.15) is 5.82 Å². The molecule has 2 aromatic carbocycles. The quantitative estimate of drug-likeness (QED) is 0.530. The number of aromatic nitrogens is 2. The van der Waals surface area contributed by atoms with Gasteiger partial charge in [0, 0.05) is 10.5 Å². The Morgan fingerprint density at radius 1 is 1.19 bits per heavy atom. The van der Waals surface area contributed by atoms with Crippen molar-refractivity contribution in [2.45, 2.75) is 5.88 Å². The van der Waals surface area contributed by atoms with Crippen molar-refractivity contribution in [3.63, 3.8) is 0 Å². The van der Waals surface area contributed by atoms with Gasteiger partial charge in [-0.2, -0.15) is 0 Å². The second-order valence-corrected chi connectivity index (χ2v) is 5.85. The molecular weight excluding hydrogens is 385 g/mol. The van der Waals surface area contributed by atoms with Gasteiger partial charge >= 0.3 is 0 Å². The number of rotatable bonds is 2. The molecule has 0 spiro atoms. The predicted octanol–water partition coefficient (Wildman–Crippen LogP) is 5.46. The molecule has 0 N–H and O–H groups in total. The molecule has 0 saturated carbocycles. The summed E-state index contributed by atoms with van der Waals surface area (Å²) in [7, 11) is 0. The van der Waals surface area contributed by atoms with E-state index in [-0.39, 0.29) is 16.6 Å². The van der Waals surface area contributed by atoms with Crippen molar-refractivity contribution in [2.24, 2.45) is 0 Å². The number of hydrogen-bond donors (Lipinski definition) is 0. The molecule has 2 nitrogen and oxygen atoms in total. The number of halogens is 5. The minimum Gasteiger partial charge on any atom is -0.291 e. The third-order valence-corrected chi connectivity index (χ3v) is 4.22. The lowest BCUT2D eigenvalue weighted by Gasteiger charge is -2.11. The van der Waals surface area contributed by atoms with Crippen molar-refractivity contribution < 1.29 is 8.78 Å². The molecule has 1 heterocycles. The topological polar surface area (TPSA) is 17.8 Å². The van der Waals surface area contributed by atoms with Crippen LogP contribution >= 0.6 is 39.1 Å². The maximum atomic E-state index is 14.2. The first kappa shape index (κ1) is 14.8. The molecule has 0 aliphatic heterocycles. The third kappa shape index (κ3) is 2.43. The van der Waals surface area contributed by atoms with Gasteiger partial charge in [-0.15, -0.1) is 11.6 Å². The number of fused-ring (bicyclic) bond motifs is 1. The van der Waals surface area contributed by atoms with Gasteiger partial charge in [-0.05, 0) is 34.1 Å². The second-order valence-electron chi connectivity index (χ2n) is 4.32. The van der Waals surface area contributed by atoms with Crippen LogP contribution in [0, 0.1) is 11.6 Å². The summed E-state index contributed by atoms with van der Waals surface area (Å²) in [5.41, 5.74) is 1.09. The Morgan fingerprint density at radius 3 is 2.62 bits per heavy atom. The van der Waals surface area contributed by atoms with Crippen LogP contribution in [-0.4, -0.2) is 9.55 Å². The largest absolute Gasteiger partial charge is 0.291 e. The summed E-state index contributed by atoms with van der Waals surface area (Å²) in [5, 5.41) is -0.0409. The average molecular weight is 392 g/mol. The zero-order chi connectivity index (χ0) is 15.1. The molecule has 1 aromatic heterocycles. The van der Waals surface area contributed by atoms with E-state index in [1.807, 2.05) is 0 Å². The fourth-order valence-corrected chi connectivity index (χ4v) is 3.02.